The lowest BCUT2D eigenvalue weighted by molar-refractivity contribution is 0.465. The van der Waals surface area contributed by atoms with Gasteiger partial charge in [0.25, 0.3) is 0 Å². The lowest BCUT2D eigenvalue weighted by atomic mass is 9.64. The van der Waals surface area contributed by atoms with Crippen LogP contribution in [0.25, 0.3) is 33.4 Å². The molecule has 0 bridgehead atoms. The number of nitrogens with zero attached hydrogens (tertiary/aromatic N) is 1. The van der Waals surface area contributed by atoms with E-state index in [2.05, 4.69) is 168 Å². The van der Waals surface area contributed by atoms with Crippen LogP contribution in [0.5, 0.6) is 11.5 Å². The molecule has 2 nitrogen and oxygen atoms in total. The Morgan fingerprint density at radius 2 is 0.623 bits per heavy atom. The molecule has 0 saturated carbocycles. The SMILES string of the molecule is Cc1cc(C)c(-c2cc3c4c(c2)C(C)(C)c2cc(-c5c(C)cc(C)cc5C)cc5c2N4c2c(cc(-c4c(C)cc(C)cc4C)cc2C5(C)C)O3)c(C)c1. The molecule has 0 N–H and O–H groups in total. The Morgan fingerprint density at radius 3 is 0.925 bits per heavy atom. The molecule has 2 heteroatoms. The molecule has 6 aromatic carbocycles. The molecule has 0 fully saturated rings. The molecule has 0 aliphatic carbocycles. The summed E-state index contributed by atoms with van der Waals surface area (Å²) in [6, 6.07) is 28.5. The van der Waals surface area contributed by atoms with Gasteiger partial charge in [0, 0.05) is 10.8 Å². The predicted octanol–water partition coefficient (Wildman–Crippen LogP) is 14.3. The molecule has 0 spiro atoms. The van der Waals surface area contributed by atoms with Gasteiger partial charge in [-0.25, -0.2) is 0 Å². The number of aryl methyl sites for hydroxylation is 9. The predicted molar refractivity (Wildman–Crippen MR) is 224 cm³/mol. The molecule has 3 aliphatic heterocycles. The summed E-state index contributed by atoms with van der Waals surface area (Å²) in [5.41, 5.74) is 27.9. The minimum absolute atomic E-state index is 0.291. The smallest absolute Gasteiger partial charge is 0.152 e. The zero-order valence-corrected chi connectivity index (χ0v) is 33.8. The van der Waals surface area contributed by atoms with Crippen LogP contribution >= 0.6 is 0 Å². The molecular formula is C51H51NO. The van der Waals surface area contributed by atoms with Gasteiger partial charge in [0.1, 0.15) is 0 Å². The quantitative estimate of drug-likeness (QED) is 0.183. The highest BCUT2D eigenvalue weighted by molar-refractivity contribution is 6.02. The van der Waals surface area contributed by atoms with Crippen molar-refractivity contribution < 1.29 is 4.74 Å². The van der Waals surface area contributed by atoms with Crippen LogP contribution in [0.2, 0.25) is 0 Å². The van der Waals surface area contributed by atoms with Crippen molar-refractivity contribution in [2.75, 3.05) is 4.90 Å². The monoisotopic (exact) mass is 693 g/mol. The van der Waals surface area contributed by atoms with E-state index in [1.165, 1.54) is 123 Å². The van der Waals surface area contributed by atoms with Crippen LogP contribution in [0, 0.1) is 62.3 Å². The number of hydrogen-bond donors (Lipinski definition) is 0. The summed E-state index contributed by atoms with van der Waals surface area (Å²) in [4.78, 5) is 2.59. The summed E-state index contributed by atoms with van der Waals surface area (Å²) < 4.78 is 7.26. The third kappa shape index (κ3) is 4.64. The van der Waals surface area contributed by atoms with Crippen LogP contribution in [-0.4, -0.2) is 0 Å². The summed E-state index contributed by atoms with van der Waals surface area (Å²) >= 11 is 0. The van der Waals surface area contributed by atoms with E-state index in [-0.39, 0.29) is 10.8 Å². The molecule has 9 rings (SSSR count). The van der Waals surface area contributed by atoms with Gasteiger partial charge in [0.15, 0.2) is 11.5 Å². The van der Waals surface area contributed by atoms with E-state index in [4.69, 9.17) is 4.74 Å². The minimum Gasteiger partial charge on any atom is -0.453 e. The fourth-order valence-corrected chi connectivity index (χ4v) is 10.7. The summed E-state index contributed by atoms with van der Waals surface area (Å²) in [6.45, 7) is 29.9. The summed E-state index contributed by atoms with van der Waals surface area (Å²) in [7, 11) is 0. The van der Waals surface area contributed by atoms with Crippen molar-refractivity contribution in [1.29, 1.82) is 0 Å². The Hall–Kier alpha value is -5.08. The summed E-state index contributed by atoms with van der Waals surface area (Å²) in [5, 5.41) is 0. The van der Waals surface area contributed by atoms with E-state index in [1.807, 2.05) is 0 Å². The van der Waals surface area contributed by atoms with Crippen molar-refractivity contribution >= 4 is 17.1 Å². The third-order valence-corrected chi connectivity index (χ3v) is 12.7. The van der Waals surface area contributed by atoms with Gasteiger partial charge in [-0.2, -0.15) is 0 Å². The third-order valence-electron chi connectivity index (χ3n) is 12.7. The van der Waals surface area contributed by atoms with E-state index in [1.54, 1.807) is 0 Å². The van der Waals surface area contributed by atoms with Gasteiger partial charge in [0.05, 0.1) is 17.1 Å². The van der Waals surface area contributed by atoms with Crippen LogP contribution < -0.4 is 9.64 Å². The molecule has 0 radical (unpaired) electrons. The Labute approximate surface area is 316 Å². The van der Waals surface area contributed by atoms with Crippen LogP contribution in [0.3, 0.4) is 0 Å². The molecule has 0 aromatic heterocycles. The first kappa shape index (κ1) is 33.7. The fourth-order valence-electron chi connectivity index (χ4n) is 10.7. The van der Waals surface area contributed by atoms with Gasteiger partial charge < -0.3 is 9.64 Å². The van der Waals surface area contributed by atoms with Gasteiger partial charge in [0.2, 0.25) is 0 Å². The Bertz CT molecular complexity index is 2410. The van der Waals surface area contributed by atoms with Crippen LogP contribution in [0.15, 0.2) is 72.8 Å². The van der Waals surface area contributed by atoms with Gasteiger partial charge in [-0.3, -0.25) is 0 Å². The van der Waals surface area contributed by atoms with Gasteiger partial charge in [-0.1, -0.05) is 80.8 Å². The van der Waals surface area contributed by atoms with Gasteiger partial charge in [-0.15, -0.1) is 0 Å². The van der Waals surface area contributed by atoms with Crippen molar-refractivity contribution in [3.63, 3.8) is 0 Å². The highest BCUT2D eigenvalue weighted by Gasteiger charge is 2.50. The number of rotatable bonds is 3. The number of benzene rings is 6. The molecule has 53 heavy (non-hydrogen) atoms. The standard InChI is InChI=1S/C51H51NO/c1-26-14-29(4)44(30(5)15-26)35-20-38-47-39(21-35)51(12,13)41-23-37(46-33(8)18-28(3)19-34(46)9)25-43-49(41)52(47)48-40(50(38,10)11)22-36(24-42(48)53-43)45-31(6)16-27(2)17-32(45)7/h14-25H,1-13H3. The van der Waals surface area contributed by atoms with Crippen LogP contribution in [-0.2, 0) is 10.8 Å². The Kier molecular flexibility index (Phi) is 6.99. The van der Waals surface area contributed by atoms with E-state index < -0.39 is 0 Å². The van der Waals surface area contributed by atoms with E-state index in [0.717, 1.165) is 11.5 Å². The molecule has 3 heterocycles. The van der Waals surface area contributed by atoms with Gasteiger partial charge in [-0.05, 0) is 188 Å². The second-order valence-corrected chi connectivity index (χ2v) is 17.7. The topological polar surface area (TPSA) is 12.5 Å². The zero-order chi connectivity index (χ0) is 37.6. The molecular weight excluding hydrogens is 643 g/mol. The molecule has 6 aromatic rings. The maximum absolute atomic E-state index is 7.26. The van der Waals surface area contributed by atoms with Crippen molar-refractivity contribution in [3.8, 4) is 44.9 Å². The van der Waals surface area contributed by atoms with Crippen molar-refractivity contribution in [2.24, 2.45) is 0 Å². The molecule has 3 aliphatic rings. The molecule has 0 unspecified atom stereocenters. The maximum atomic E-state index is 7.26. The molecule has 0 saturated heterocycles. The fraction of sp³-hybridized carbons (Fsp3) is 0.294. The highest BCUT2D eigenvalue weighted by Crippen LogP contribution is 2.67. The zero-order valence-electron chi connectivity index (χ0n) is 33.8. The van der Waals surface area contributed by atoms with E-state index >= 15 is 0 Å². The minimum atomic E-state index is -0.291. The normalized spacial score (nSPS) is 15.3. The van der Waals surface area contributed by atoms with Crippen molar-refractivity contribution in [2.45, 2.75) is 101 Å². The summed E-state index contributed by atoms with van der Waals surface area (Å²) in [6.07, 6.45) is 0. The molecule has 0 amide bonds. The first-order chi connectivity index (χ1) is 25.0. The Morgan fingerprint density at radius 1 is 0.358 bits per heavy atom. The maximum Gasteiger partial charge on any atom is 0.152 e. The van der Waals surface area contributed by atoms with Crippen LogP contribution in [0.4, 0.5) is 17.1 Å². The second kappa shape index (κ2) is 11.0. The van der Waals surface area contributed by atoms with E-state index in [0.29, 0.717) is 0 Å². The van der Waals surface area contributed by atoms with E-state index in [9.17, 15) is 0 Å². The average Bonchev–Trinajstić information content (AvgIpc) is 3.04. The van der Waals surface area contributed by atoms with Crippen LogP contribution in [0.1, 0.15) is 100 Å². The van der Waals surface area contributed by atoms with Gasteiger partial charge >= 0.3 is 0 Å². The second-order valence-electron chi connectivity index (χ2n) is 17.7. The first-order valence-electron chi connectivity index (χ1n) is 19.3. The Balaban J connectivity index is 1.41. The first-order valence-corrected chi connectivity index (χ1v) is 19.3. The number of ether oxygens (including phenoxy) is 1. The summed E-state index contributed by atoms with van der Waals surface area (Å²) in [5.74, 6) is 1.87. The number of hydrogen-bond acceptors (Lipinski definition) is 2. The average molecular weight is 694 g/mol. The highest BCUT2D eigenvalue weighted by atomic mass is 16.5. The number of anilines is 3. The largest absolute Gasteiger partial charge is 0.453 e. The molecule has 0 atom stereocenters. The molecule has 266 valence electrons. The lowest BCUT2D eigenvalue weighted by Gasteiger charge is -2.52. The lowest BCUT2D eigenvalue weighted by Crippen LogP contribution is -2.39. The van der Waals surface area contributed by atoms with Crippen molar-refractivity contribution in [3.05, 3.63) is 145 Å². The van der Waals surface area contributed by atoms with Crippen molar-refractivity contribution in [1.82, 2.24) is 0 Å².